The van der Waals surface area contributed by atoms with E-state index < -0.39 is 35.8 Å². The number of carboxylic acids is 1. The van der Waals surface area contributed by atoms with Crippen LogP contribution in [0.4, 0.5) is 0 Å². The van der Waals surface area contributed by atoms with Gasteiger partial charge in [0.1, 0.15) is 17.7 Å². The Hall–Kier alpha value is -2.85. The summed E-state index contributed by atoms with van der Waals surface area (Å²) in [6, 6.07) is 3.06. The normalized spacial score (nSPS) is 37.3. The molecule has 1 aromatic carbocycles. The van der Waals surface area contributed by atoms with Gasteiger partial charge in [-0.2, -0.15) is 0 Å². The third-order valence-corrected chi connectivity index (χ3v) is 11.4. The van der Waals surface area contributed by atoms with Crippen molar-refractivity contribution in [1.29, 1.82) is 0 Å². The standard InChI is InChI=1S/C30H39N3O7/c1-16(34)32-20(12-23(36)37)26(38)31-14-19-13-28-7-8-30(19,39-2)27-29(28)9-10-33(15-17-3-4-17)22(28)11-18-5-6-21(35)25(40-27)24(18)29/h5-6,17,19-20,22,27,35H,3-4,7-15H2,1-2H3,(H,31,38)(H,32,34)(H,36,37)/t19-,20+,22-,27?,28-,29+,30?/m1/s1. The van der Waals surface area contributed by atoms with E-state index in [1.54, 1.807) is 13.2 Å². The SMILES string of the molecule is COC12CC[C@@]3(C[C@@H]1CNC(=O)[C@H](CC(=O)O)NC(C)=O)[C@H]1Cc4ccc(O)c5c4[C@@]3(CCN1CC1CC1)C2O5. The van der Waals surface area contributed by atoms with E-state index in [9.17, 15) is 24.6 Å². The number of aromatic hydroxyl groups is 1. The van der Waals surface area contributed by atoms with Crippen molar-refractivity contribution in [2.75, 3.05) is 26.7 Å². The largest absolute Gasteiger partial charge is 0.504 e. The van der Waals surface area contributed by atoms with Gasteiger partial charge in [0.05, 0.1) is 6.42 Å². The van der Waals surface area contributed by atoms with Gasteiger partial charge in [-0.25, -0.2) is 0 Å². The monoisotopic (exact) mass is 553 g/mol. The average Bonchev–Trinajstić information content (AvgIpc) is 3.66. The molecule has 1 saturated heterocycles. The van der Waals surface area contributed by atoms with Gasteiger partial charge in [0.15, 0.2) is 11.5 Å². The summed E-state index contributed by atoms with van der Waals surface area (Å²) in [5.41, 5.74) is 1.47. The van der Waals surface area contributed by atoms with E-state index in [2.05, 4.69) is 21.6 Å². The first-order valence-electron chi connectivity index (χ1n) is 14.7. The van der Waals surface area contributed by atoms with Crippen molar-refractivity contribution in [3.05, 3.63) is 23.3 Å². The molecular formula is C30H39N3O7. The Morgan fingerprint density at radius 3 is 2.73 bits per heavy atom. The molecule has 0 aromatic heterocycles. The van der Waals surface area contributed by atoms with Gasteiger partial charge in [-0.05, 0) is 69.0 Å². The summed E-state index contributed by atoms with van der Waals surface area (Å²) in [6.45, 7) is 3.70. The molecule has 4 saturated carbocycles. The Morgan fingerprint density at radius 2 is 2.02 bits per heavy atom. The molecule has 2 unspecified atom stereocenters. The number of phenols is 1. The average molecular weight is 554 g/mol. The van der Waals surface area contributed by atoms with E-state index in [1.807, 2.05) is 0 Å². The minimum Gasteiger partial charge on any atom is -0.504 e. The van der Waals surface area contributed by atoms with E-state index in [0.29, 0.717) is 18.3 Å². The van der Waals surface area contributed by atoms with Crippen molar-refractivity contribution in [3.8, 4) is 11.5 Å². The smallest absolute Gasteiger partial charge is 0.305 e. The van der Waals surface area contributed by atoms with Crippen LogP contribution in [0.1, 0.15) is 63.0 Å². The minimum atomic E-state index is -1.15. The zero-order valence-electron chi connectivity index (χ0n) is 23.2. The predicted octanol–water partition coefficient (Wildman–Crippen LogP) is 1.71. The van der Waals surface area contributed by atoms with Crippen LogP contribution in [0.2, 0.25) is 0 Å². The number of nitrogens with zero attached hydrogens (tertiary/aromatic N) is 1. The molecule has 4 bridgehead atoms. The number of rotatable bonds is 9. The number of phenolic OH excluding ortho intramolecular Hbond substituents is 1. The molecule has 5 aliphatic carbocycles. The minimum absolute atomic E-state index is 0.0717. The maximum absolute atomic E-state index is 13.1. The van der Waals surface area contributed by atoms with Crippen LogP contribution in [-0.4, -0.2) is 83.4 Å². The number of fused-ring (bicyclic) bond motifs is 2. The van der Waals surface area contributed by atoms with Crippen LogP contribution in [0.15, 0.2) is 12.1 Å². The fraction of sp³-hybridized carbons (Fsp3) is 0.700. The number of carboxylic acid groups (broad SMARTS) is 1. The van der Waals surface area contributed by atoms with Gasteiger partial charge >= 0.3 is 5.97 Å². The number of piperidine rings is 1. The van der Waals surface area contributed by atoms with E-state index >= 15 is 0 Å². The van der Waals surface area contributed by atoms with E-state index in [0.717, 1.165) is 51.1 Å². The maximum atomic E-state index is 13.1. The lowest BCUT2D eigenvalue weighted by Gasteiger charge is -2.74. The van der Waals surface area contributed by atoms with Crippen LogP contribution >= 0.6 is 0 Å². The lowest BCUT2D eigenvalue weighted by atomic mass is 9.35. The second-order valence-electron chi connectivity index (χ2n) is 13.1. The zero-order chi connectivity index (χ0) is 28.0. The zero-order valence-corrected chi connectivity index (χ0v) is 23.2. The number of hydrogen-bond donors (Lipinski definition) is 4. The molecule has 10 nitrogen and oxygen atoms in total. The van der Waals surface area contributed by atoms with Gasteiger partial charge in [-0.3, -0.25) is 19.3 Å². The van der Waals surface area contributed by atoms with Crippen LogP contribution < -0.4 is 15.4 Å². The maximum Gasteiger partial charge on any atom is 0.305 e. The molecule has 8 rings (SSSR count). The van der Waals surface area contributed by atoms with Crippen molar-refractivity contribution >= 4 is 17.8 Å². The first-order chi connectivity index (χ1) is 19.1. The number of ether oxygens (including phenoxy) is 2. The Morgan fingerprint density at radius 1 is 1.23 bits per heavy atom. The highest BCUT2D eigenvalue weighted by atomic mass is 16.6. The van der Waals surface area contributed by atoms with Crippen molar-refractivity contribution in [1.82, 2.24) is 15.5 Å². The summed E-state index contributed by atoms with van der Waals surface area (Å²) in [4.78, 5) is 38.9. The highest BCUT2D eigenvalue weighted by Crippen LogP contribution is 2.76. The summed E-state index contributed by atoms with van der Waals surface area (Å²) in [5, 5.41) is 25.7. The molecule has 1 aromatic rings. The number of amides is 2. The van der Waals surface area contributed by atoms with Crippen LogP contribution in [0.5, 0.6) is 11.5 Å². The highest BCUT2D eigenvalue weighted by Gasteiger charge is 2.80. The van der Waals surface area contributed by atoms with Gasteiger partial charge < -0.3 is 30.3 Å². The highest BCUT2D eigenvalue weighted by molar-refractivity contribution is 5.90. The number of methoxy groups -OCH3 is 1. The summed E-state index contributed by atoms with van der Waals surface area (Å²) >= 11 is 0. The summed E-state index contributed by atoms with van der Waals surface area (Å²) in [6.07, 6.45) is 6.35. The Labute approximate surface area is 233 Å². The molecule has 4 N–H and O–H groups in total. The van der Waals surface area contributed by atoms with Gasteiger partial charge in [0, 0.05) is 55.5 Å². The molecule has 40 heavy (non-hydrogen) atoms. The topological polar surface area (TPSA) is 137 Å². The molecule has 7 aliphatic rings. The lowest BCUT2D eigenvalue weighted by Crippen LogP contribution is -2.81. The fourth-order valence-corrected chi connectivity index (χ4v) is 9.77. The van der Waals surface area contributed by atoms with Crippen LogP contribution in [0, 0.1) is 17.3 Å². The molecule has 2 heterocycles. The first kappa shape index (κ1) is 26.1. The Balaban J connectivity index is 1.26. The first-order valence-corrected chi connectivity index (χ1v) is 14.7. The van der Waals surface area contributed by atoms with Gasteiger partial charge in [0.2, 0.25) is 11.8 Å². The molecular weight excluding hydrogens is 514 g/mol. The van der Waals surface area contributed by atoms with E-state index in [1.165, 1.54) is 30.9 Å². The van der Waals surface area contributed by atoms with Gasteiger partial charge in [-0.15, -0.1) is 0 Å². The lowest BCUT2D eigenvalue weighted by molar-refractivity contribution is -0.276. The van der Waals surface area contributed by atoms with Gasteiger partial charge in [-0.1, -0.05) is 6.07 Å². The number of benzene rings is 1. The van der Waals surface area contributed by atoms with Crippen molar-refractivity contribution < 1.29 is 34.1 Å². The predicted molar refractivity (Wildman–Crippen MR) is 143 cm³/mol. The fourth-order valence-electron chi connectivity index (χ4n) is 9.77. The molecule has 5 fully saturated rings. The third-order valence-electron chi connectivity index (χ3n) is 11.4. The number of carbonyl (C=O) groups excluding carboxylic acids is 2. The van der Waals surface area contributed by atoms with Crippen molar-refractivity contribution in [2.24, 2.45) is 17.3 Å². The summed E-state index contributed by atoms with van der Waals surface area (Å²) in [5.74, 6) is -0.618. The molecule has 2 spiro atoms. The third kappa shape index (κ3) is 3.38. The second-order valence-corrected chi connectivity index (χ2v) is 13.1. The van der Waals surface area contributed by atoms with Crippen LogP contribution in [0.25, 0.3) is 0 Å². The number of hydrogen-bond acceptors (Lipinski definition) is 7. The number of likely N-dealkylation sites (tertiary alicyclic amines) is 1. The van der Waals surface area contributed by atoms with E-state index in [-0.39, 0.29) is 28.6 Å². The van der Waals surface area contributed by atoms with Crippen LogP contribution in [-0.2, 0) is 31.0 Å². The molecule has 10 heteroatoms. The number of aliphatic carboxylic acids is 1. The molecule has 7 atom stereocenters. The van der Waals surface area contributed by atoms with Crippen molar-refractivity contribution in [3.63, 3.8) is 0 Å². The van der Waals surface area contributed by atoms with E-state index in [4.69, 9.17) is 9.47 Å². The molecule has 2 aliphatic heterocycles. The Kier molecular flexibility index (Phi) is 5.75. The second kappa shape index (κ2) is 8.82. The molecule has 2 amide bonds. The van der Waals surface area contributed by atoms with Crippen molar-refractivity contribution in [2.45, 2.75) is 87.5 Å². The Bertz CT molecular complexity index is 1270. The van der Waals surface area contributed by atoms with Gasteiger partial charge in [0.25, 0.3) is 0 Å². The number of carbonyl (C=O) groups is 3. The summed E-state index contributed by atoms with van der Waals surface area (Å²) < 4.78 is 13.3. The quantitative estimate of drug-likeness (QED) is 0.363. The van der Waals surface area contributed by atoms with Crippen LogP contribution in [0.3, 0.4) is 0 Å². The molecule has 216 valence electrons. The molecule has 0 radical (unpaired) electrons. The number of nitrogens with one attached hydrogen (secondary N) is 2. The summed E-state index contributed by atoms with van der Waals surface area (Å²) in [7, 11) is 1.73.